The molecule has 0 unspecified atom stereocenters. The third kappa shape index (κ3) is 3.84. The van der Waals surface area contributed by atoms with Gasteiger partial charge >= 0.3 is 0 Å². The minimum Gasteiger partial charge on any atom is -0.396 e. The first-order valence-electron chi connectivity index (χ1n) is 6.60. The molecule has 1 rings (SSSR count). The van der Waals surface area contributed by atoms with Crippen LogP contribution in [0.4, 0.5) is 11.6 Å². The molecule has 0 fully saturated rings. The Balaban J connectivity index is 2.64. The van der Waals surface area contributed by atoms with Crippen molar-refractivity contribution in [2.75, 3.05) is 30.3 Å². The molecule has 0 aromatic carbocycles. The summed E-state index contributed by atoms with van der Waals surface area (Å²) < 4.78 is 0. The SMILES string of the molecule is CCNc1cc(NCC(CC)(CC)CO)ncn1. The first kappa shape index (κ1) is 14.7. The lowest BCUT2D eigenvalue weighted by atomic mass is 9.83. The van der Waals surface area contributed by atoms with Crippen LogP contribution in [0.25, 0.3) is 0 Å². The summed E-state index contributed by atoms with van der Waals surface area (Å²) in [6, 6.07) is 1.89. The number of aliphatic hydroxyl groups is 1. The van der Waals surface area contributed by atoms with Gasteiger partial charge < -0.3 is 15.7 Å². The maximum atomic E-state index is 9.51. The number of hydrogen-bond acceptors (Lipinski definition) is 5. The summed E-state index contributed by atoms with van der Waals surface area (Å²) in [5.74, 6) is 1.61. The third-order valence-corrected chi connectivity index (χ3v) is 3.50. The Morgan fingerprint density at radius 3 is 2.22 bits per heavy atom. The first-order valence-corrected chi connectivity index (χ1v) is 6.60. The highest BCUT2D eigenvalue weighted by Crippen LogP contribution is 2.25. The van der Waals surface area contributed by atoms with Gasteiger partial charge in [-0.05, 0) is 19.8 Å². The van der Waals surface area contributed by atoms with Gasteiger partial charge in [-0.25, -0.2) is 9.97 Å². The van der Waals surface area contributed by atoms with Crippen LogP contribution >= 0.6 is 0 Å². The molecule has 3 N–H and O–H groups in total. The molecule has 0 radical (unpaired) electrons. The molecule has 0 aliphatic rings. The first-order chi connectivity index (χ1) is 8.69. The Labute approximate surface area is 109 Å². The minimum atomic E-state index is -0.0662. The third-order valence-electron chi connectivity index (χ3n) is 3.50. The molecular weight excluding hydrogens is 228 g/mol. The predicted octanol–water partition coefficient (Wildman–Crippen LogP) is 2.12. The maximum Gasteiger partial charge on any atom is 0.131 e. The Bertz CT molecular complexity index is 344. The molecule has 102 valence electrons. The van der Waals surface area contributed by atoms with E-state index in [1.165, 1.54) is 0 Å². The van der Waals surface area contributed by atoms with Crippen molar-refractivity contribution in [1.29, 1.82) is 0 Å². The molecule has 1 aromatic heterocycles. The van der Waals surface area contributed by atoms with E-state index < -0.39 is 0 Å². The summed E-state index contributed by atoms with van der Waals surface area (Å²) >= 11 is 0. The van der Waals surface area contributed by atoms with Crippen LogP contribution in [-0.2, 0) is 0 Å². The van der Waals surface area contributed by atoms with E-state index in [1.807, 2.05) is 13.0 Å². The summed E-state index contributed by atoms with van der Waals surface area (Å²) in [4.78, 5) is 8.31. The van der Waals surface area contributed by atoms with E-state index in [2.05, 4.69) is 34.4 Å². The van der Waals surface area contributed by atoms with E-state index in [-0.39, 0.29) is 12.0 Å². The van der Waals surface area contributed by atoms with Crippen LogP contribution in [0.15, 0.2) is 12.4 Å². The van der Waals surface area contributed by atoms with Gasteiger partial charge in [0.15, 0.2) is 0 Å². The van der Waals surface area contributed by atoms with Crippen LogP contribution in [-0.4, -0.2) is 34.8 Å². The molecule has 0 amide bonds. The Morgan fingerprint density at radius 2 is 1.72 bits per heavy atom. The van der Waals surface area contributed by atoms with Crippen LogP contribution in [0.2, 0.25) is 0 Å². The van der Waals surface area contributed by atoms with Gasteiger partial charge in [0.1, 0.15) is 18.0 Å². The topological polar surface area (TPSA) is 70.1 Å². The van der Waals surface area contributed by atoms with E-state index in [1.54, 1.807) is 6.33 Å². The van der Waals surface area contributed by atoms with E-state index in [9.17, 15) is 5.11 Å². The zero-order chi connectivity index (χ0) is 13.4. The lowest BCUT2D eigenvalue weighted by molar-refractivity contribution is 0.127. The average Bonchev–Trinajstić information content (AvgIpc) is 2.42. The van der Waals surface area contributed by atoms with Gasteiger partial charge in [0.2, 0.25) is 0 Å². The van der Waals surface area contributed by atoms with E-state index >= 15 is 0 Å². The van der Waals surface area contributed by atoms with Crippen LogP contribution in [0.5, 0.6) is 0 Å². The van der Waals surface area contributed by atoms with Crippen molar-refractivity contribution in [2.45, 2.75) is 33.6 Å². The van der Waals surface area contributed by atoms with E-state index in [0.717, 1.165) is 37.6 Å². The summed E-state index contributed by atoms with van der Waals surface area (Å²) in [5, 5.41) is 15.9. The second-order valence-corrected chi connectivity index (χ2v) is 4.54. The molecule has 0 aliphatic carbocycles. The Morgan fingerprint density at radius 1 is 1.11 bits per heavy atom. The highest BCUT2D eigenvalue weighted by molar-refractivity contribution is 5.46. The molecular formula is C13H24N4O. The van der Waals surface area contributed by atoms with Crippen LogP contribution < -0.4 is 10.6 Å². The van der Waals surface area contributed by atoms with Crippen LogP contribution in [0.3, 0.4) is 0 Å². The second kappa shape index (κ2) is 7.16. The molecule has 0 spiro atoms. The molecule has 5 nitrogen and oxygen atoms in total. The van der Waals surface area contributed by atoms with Crippen molar-refractivity contribution in [3.63, 3.8) is 0 Å². The van der Waals surface area contributed by atoms with Gasteiger partial charge in [-0.3, -0.25) is 0 Å². The quantitative estimate of drug-likeness (QED) is 0.661. The van der Waals surface area contributed by atoms with Crippen LogP contribution in [0.1, 0.15) is 33.6 Å². The number of nitrogens with one attached hydrogen (secondary N) is 2. The van der Waals surface area contributed by atoms with Gasteiger partial charge in [-0.1, -0.05) is 13.8 Å². The van der Waals surface area contributed by atoms with Crippen molar-refractivity contribution in [3.05, 3.63) is 12.4 Å². The predicted molar refractivity (Wildman–Crippen MR) is 74.8 cm³/mol. The van der Waals surface area contributed by atoms with Crippen molar-refractivity contribution in [2.24, 2.45) is 5.41 Å². The molecule has 0 saturated carbocycles. The highest BCUT2D eigenvalue weighted by atomic mass is 16.3. The zero-order valence-electron chi connectivity index (χ0n) is 11.5. The van der Waals surface area contributed by atoms with Crippen molar-refractivity contribution < 1.29 is 5.11 Å². The average molecular weight is 252 g/mol. The smallest absolute Gasteiger partial charge is 0.131 e. The Kier molecular flexibility index (Phi) is 5.85. The fraction of sp³-hybridized carbons (Fsp3) is 0.692. The molecule has 1 heterocycles. The van der Waals surface area contributed by atoms with Gasteiger partial charge in [0.25, 0.3) is 0 Å². The summed E-state index contributed by atoms with van der Waals surface area (Å²) in [6.07, 6.45) is 3.43. The fourth-order valence-corrected chi connectivity index (χ4v) is 1.79. The molecule has 0 atom stereocenters. The Hall–Kier alpha value is -1.36. The van der Waals surface area contributed by atoms with Crippen molar-refractivity contribution in [1.82, 2.24) is 9.97 Å². The number of rotatable bonds is 8. The van der Waals surface area contributed by atoms with Gasteiger partial charge in [-0.15, -0.1) is 0 Å². The minimum absolute atomic E-state index is 0.0662. The normalized spacial score (nSPS) is 11.3. The lowest BCUT2D eigenvalue weighted by Gasteiger charge is -2.29. The van der Waals surface area contributed by atoms with Crippen molar-refractivity contribution >= 4 is 11.6 Å². The fourth-order valence-electron chi connectivity index (χ4n) is 1.79. The van der Waals surface area contributed by atoms with E-state index in [0.29, 0.717) is 0 Å². The summed E-state index contributed by atoms with van der Waals surface area (Å²) in [7, 11) is 0. The number of aromatic nitrogens is 2. The number of hydrogen-bond donors (Lipinski definition) is 3. The highest BCUT2D eigenvalue weighted by Gasteiger charge is 2.24. The summed E-state index contributed by atoms with van der Waals surface area (Å²) in [6.45, 7) is 7.98. The standard InChI is InChI=1S/C13H24N4O/c1-4-13(5-2,9-18)8-15-12-7-11(14-6-3)16-10-17-12/h7,10,18H,4-6,8-9H2,1-3H3,(H2,14,15,16,17). The zero-order valence-corrected chi connectivity index (χ0v) is 11.5. The molecule has 1 aromatic rings. The summed E-state index contributed by atoms with van der Waals surface area (Å²) in [5.41, 5.74) is -0.0662. The van der Waals surface area contributed by atoms with Crippen LogP contribution in [0, 0.1) is 5.41 Å². The molecule has 5 heteroatoms. The molecule has 0 aliphatic heterocycles. The lowest BCUT2D eigenvalue weighted by Crippen LogP contribution is -2.32. The largest absolute Gasteiger partial charge is 0.396 e. The van der Waals surface area contributed by atoms with E-state index in [4.69, 9.17) is 0 Å². The number of aliphatic hydroxyl groups excluding tert-OH is 1. The maximum absolute atomic E-state index is 9.51. The number of anilines is 2. The second-order valence-electron chi connectivity index (χ2n) is 4.54. The van der Waals surface area contributed by atoms with Gasteiger partial charge in [-0.2, -0.15) is 0 Å². The van der Waals surface area contributed by atoms with Crippen molar-refractivity contribution in [3.8, 4) is 0 Å². The molecule has 0 saturated heterocycles. The monoisotopic (exact) mass is 252 g/mol. The number of nitrogens with zero attached hydrogens (tertiary/aromatic N) is 2. The molecule has 0 bridgehead atoms. The molecule has 18 heavy (non-hydrogen) atoms. The van der Waals surface area contributed by atoms with Gasteiger partial charge in [0, 0.05) is 24.6 Å². The van der Waals surface area contributed by atoms with Gasteiger partial charge in [0.05, 0.1) is 6.61 Å².